The predicted octanol–water partition coefficient (Wildman–Crippen LogP) is 4.33. The Bertz CT molecular complexity index is 1430. The van der Waals surface area contributed by atoms with Crippen LogP contribution in [0.2, 0.25) is 4.34 Å². The van der Waals surface area contributed by atoms with E-state index < -0.39 is 10.0 Å². The van der Waals surface area contributed by atoms with Crippen LogP contribution in [0.4, 0.5) is 5.69 Å². The highest BCUT2D eigenvalue weighted by Gasteiger charge is 2.32. The fourth-order valence-corrected chi connectivity index (χ4v) is 7.37. The third-order valence-corrected chi connectivity index (χ3v) is 9.67. The molecule has 5 rings (SSSR count). The molecule has 0 bridgehead atoms. The normalized spacial score (nSPS) is 14.6. The first-order chi connectivity index (χ1) is 17.9. The number of halogens is 1. The number of rotatable bonds is 7. The van der Waals surface area contributed by atoms with Crippen molar-refractivity contribution < 1.29 is 18.1 Å². The highest BCUT2D eigenvalue weighted by atomic mass is 35.5. The molecule has 1 amide bonds. The van der Waals surface area contributed by atoms with Gasteiger partial charge in [0, 0.05) is 11.1 Å². The van der Waals surface area contributed by atoms with E-state index in [0.717, 1.165) is 24.4 Å². The monoisotopic (exact) mass is 552 g/mol. The number of carbonyl (C=O) groups is 1. The number of hydrogen-bond donors (Lipinski definition) is 2. The maximum absolute atomic E-state index is 13.5. The quantitative estimate of drug-likeness (QED) is 0.358. The molecule has 6 nitrogen and oxygen atoms in total. The molecule has 1 saturated heterocycles. The lowest BCUT2D eigenvalue weighted by atomic mass is 9.96. The van der Waals surface area contributed by atoms with Crippen LogP contribution in [0.1, 0.15) is 27.5 Å². The van der Waals surface area contributed by atoms with E-state index in [1.54, 1.807) is 24.3 Å². The van der Waals surface area contributed by atoms with Gasteiger partial charge in [-0.3, -0.25) is 9.52 Å². The van der Waals surface area contributed by atoms with Crippen molar-refractivity contribution in [1.82, 2.24) is 4.90 Å². The third kappa shape index (κ3) is 5.72. The number of nitrogens with one attached hydrogen (secondary N) is 2. The summed E-state index contributed by atoms with van der Waals surface area (Å²) >= 11 is 6.90. The maximum atomic E-state index is 13.5. The number of amides is 1. The Morgan fingerprint density at radius 2 is 1.41 bits per heavy atom. The van der Waals surface area contributed by atoms with Gasteiger partial charge in [-0.1, -0.05) is 84.4 Å². The number of sulfonamides is 1. The highest BCUT2D eigenvalue weighted by molar-refractivity contribution is 7.94. The molecule has 1 aliphatic rings. The average molecular weight is 553 g/mol. The van der Waals surface area contributed by atoms with Crippen molar-refractivity contribution in [2.24, 2.45) is 0 Å². The summed E-state index contributed by atoms with van der Waals surface area (Å²) < 4.78 is 28.8. The first-order valence-electron chi connectivity index (χ1n) is 12.0. The van der Waals surface area contributed by atoms with Crippen LogP contribution in [0.15, 0.2) is 101 Å². The maximum Gasteiger partial charge on any atom is 0.271 e. The molecule has 1 aliphatic heterocycles. The summed E-state index contributed by atoms with van der Waals surface area (Å²) in [6.07, 6.45) is 0. The van der Waals surface area contributed by atoms with E-state index in [2.05, 4.69) is 53.3 Å². The molecule has 0 radical (unpaired) electrons. The molecule has 9 heteroatoms. The van der Waals surface area contributed by atoms with Gasteiger partial charge in [0.05, 0.1) is 41.8 Å². The summed E-state index contributed by atoms with van der Waals surface area (Å²) in [6.45, 7) is 2.71. The van der Waals surface area contributed by atoms with E-state index in [9.17, 15) is 13.2 Å². The van der Waals surface area contributed by atoms with E-state index in [4.69, 9.17) is 11.6 Å². The molecule has 0 unspecified atom stereocenters. The molecule has 37 heavy (non-hydrogen) atoms. The van der Waals surface area contributed by atoms with Gasteiger partial charge >= 0.3 is 0 Å². The van der Waals surface area contributed by atoms with Gasteiger partial charge in [0.1, 0.15) is 10.3 Å². The molecule has 0 spiro atoms. The number of benzene rings is 3. The van der Waals surface area contributed by atoms with E-state index in [1.807, 2.05) is 17.0 Å². The standard InChI is InChI=1S/C28H26ClN3O3S2/c29-25-15-16-26(36-25)37(34,35)30-24-14-8-7-13-23(24)28(33)32-19-17-31(18-20-32)27(21-9-3-1-4-10-21)22-11-5-2-6-12-22/h1-16,27,30H,17-20H2/p+1. The first-order valence-corrected chi connectivity index (χ1v) is 14.7. The first kappa shape index (κ1) is 25.5. The molecule has 2 N–H and O–H groups in total. The van der Waals surface area contributed by atoms with Crippen LogP contribution < -0.4 is 9.62 Å². The second-order valence-corrected chi connectivity index (χ2v) is 12.5. The highest BCUT2D eigenvalue weighted by Crippen LogP contribution is 2.28. The number of para-hydroxylation sites is 1. The van der Waals surface area contributed by atoms with Crippen molar-refractivity contribution in [3.8, 4) is 0 Å². The number of hydrogen-bond acceptors (Lipinski definition) is 4. The van der Waals surface area contributed by atoms with Crippen LogP contribution in [0, 0.1) is 0 Å². The molecule has 4 aromatic rings. The number of quaternary nitrogens is 1. The summed E-state index contributed by atoms with van der Waals surface area (Å²) in [7, 11) is -3.85. The van der Waals surface area contributed by atoms with Crippen molar-refractivity contribution in [2.45, 2.75) is 10.3 Å². The number of piperazine rings is 1. The Labute approximate surface area is 226 Å². The summed E-state index contributed by atoms with van der Waals surface area (Å²) in [5.41, 5.74) is 3.09. The van der Waals surface area contributed by atoms with Crippen LogP contribution in [-0.2, 0) is 10.0 Å². The minimum atomic E-state index is -3.85. The van der Waals surface area contributed by atoms with Gasteiger partial charge in [0.25, 0.3) is 15.9 Å². The van der Waals surface area contributed by atoms with E-state index in [1.165, 1.54) is 28.2 Å². The van der Waals surface area contributed by atoms with Crippen LogP contribution >= 0.6 is 22.9 Å². The molecule has 0 saturated carbocycles. The molecule has 1 aromatic heterocycles. The molecular weight excluding hydrogens is 526 g/mol. The largest absolute Gasteiger partial charge is 0.327 e. The van der Waals surface area contributed by atoms with E-state index >= 15 is 0 Å². The lowest BCUT2D eigenvalue weighted by Crippen LogP contribution is -3.15. The second-order valence-electron chi connectivity index (χ2n) is 8.91. The second kappa shape index (κ2) is 11.1. The Kier molecular flexibility index (Phi) is 7.62. The fourth-order valence-electron chi connectivity index (χ4n) is 4.81. The molecule has 2 heterocycles. The Morgan fingerprint density at radius 1 is 0.838 bits per heavy atom. The van der Waals surface area contributed by atoms with Gasteiger partial charge in [-0.2, -0.15) is 0 Å². The third-order valence-electron chi connectivity index (χ3n) is 6.58. The Balaban J connectivity index is 1.33. The summed E-state index contributed by atoms with van der Waals surface area (Å²) in [5, 5.41) is 0. The SMILES string of the molecule is O=C(c1ccccc1NS(=O)(=O)c1ccc(Cl)s1)N1CC[NH+](C(c2ccccc2)c2ccccc2)CC1. The molecule has 1 fully saturated rings. The Hall–Kier alpha value is -3.17. The topological polar surface area (TPSA) is 70.9 Å². The van der Waals surface area contributed by atoms with Gasteiger partial charge in [0.2, 0.25) is 0 Å². The molecule has 0 atom stereocenters. The van der Waals surface area contributed by atoms with Crippen molar-refractivity contribution in [2.75, 3.05) is 30.9 Å². The number of thiophene rings is 1. The van der Waals surface area contributed by atoms with Crippen molar-refractivity contribution in [3.05, 3.63) is 118 Å². The lowest BCUT2D eigenvalue weighted by molar-refractivity contribution is -0.929. The average Bonchev–Trinajstić information content (AvgIpc) is 3.38. The minimum absolute atomic E-state index is 0.102. The number of anilines is 1. The van der Waals surface area contributed by atoms with Crippen LogP contribution in [0.3, 0.4) is 0 Å². The van der Waals surface area contributed by atoms with Crippen molar-refractivity contribution in [1.29, 1.82) is 0 Å². The van der Waals surface area contributed by atoms with Crippen LogP contribution in [-0.4, -0.2) is 45.4 Å². The summed E-state index contributed by atoms with van der Waals surface area (Å²) in [5.74, 6) is -0.183. The lowest BCUT2D eigenvalue weighted by Gasteiger charge is -2.37. The molecule has 3 aromatic carbocycles. The molecular formula is C28H27ClN3O3S2+. The zero-order valence-electron chi connectivity index (χ0n) is 20.0. The van der Waals surface area contributed by atoms with Gasteiger partial charge in [-0.25, -0.2) is 8.42 Å². The van der Waals surface area contributed by atoms with Gasteiger partial charge in [-0.05, 0) is 24.3 Å². The Morgan fingerprint density at radius 3 is 1.97 bits per heavy atom. The number of carbonyl (C=O) groups excluding carboxylic acids is 1. The van der Waals surface area contributed by atoms with Crippen LogP contribution in [0.5, 0.6) is 0 Å². The molecule has 0 aliphatic carbocycles. The fraction of sp³-hybridized carbons (Fsp3) is 0.179. The summed E-state index contributed by atoms with van der Waals surface area (Å²) in [4.78, 5) is 16.7. The molecule has 190 valence electrons. The van der Waals surface area contributed by atoms with Crippen LogP contribution in [0.25, 0.3) is 0 Å². The van der Waals surface area contributed by atoms with Gasteiger partial charge < -0.3 is 9.80 Å². The summed E-state index contributed by atoms with van der Waals surface area (Å²) in [6, 6.07) is 30.8. The van der Waals surface area contributed by atoms with Gasteiger partial charge in [-0.15, -0.1) is 11.3 Å². The van der Waals surface area contributed by atoms with Gasteiger partial charge in [0.15, 0.2) is 0 Å². The van der Waals surface area contributed by atoms with Crippen molar-refractivity contribution in [3.63, 3.8) is 0 Å². The predicted molar refractivity (Wildman–Crippen MR) is 148 cm³/mol. The number of nitrogens with zero attached hydrogens (tertiary/aromatic N) is 1. The zero-order chi connectivity index (χ0) is 25.8. The smallest absolute Gasteiger partial charge is 0.271 e. The minimum Gasteiger partial charge on any atom is -0.327 e. The van der Waals surface area contributed by atoms with E-state index in [-0.39, 0.29) is 21.8 Å². The van der Waals surface area contributed by atoms with Crippen molar-refractivity contribution >= 4 is 44.6 Å². The van der Waals surface area contributed by atoms with E-state index in [0.29, 0.717) is 23.0 Å². The zero-order valence-corrected chi connectivity index (χ0v) is 22.4.